The summed E-state index contributed by atoms with van der Waals surface area (Å²) in [5.74, 6) is -1.45. The Morgan fingerprint density at radius 2 is 1.60 bits per heavy atom. The molecule has 0 radical (unpaired) electrons. The largest absolute Gasteiger partial charge is 0.456 e. The van der Waals surface area contributed by atoms with Crippen molar-refractivity contribution in [1.82, 2.24) is 14.6 Å². The fourth-order valence-electron chi connectivity index (χ4n) is 2.04. The van der Waals surface area contributed by atoms with Gasteiger partial charge in [0, 0.05) is 4.47 Å². The summed E-state index contributed by atoms with van der Waals surface area (Å²) in [5, 5.41) is 4.00. The van der Waals surface area contributed by atoms with Crippen molar-refractivity contribution >= 4 is 39.5 Å². The third kappa shape index (κ3) is 4.47. The molecule has 25 heavy (non-hydrogen) atoms. The molecule has 0 amide bonds. The first-order valence-corrected chi connectivity index (χ1v) is 8.39. The maximum Gasteiger partial charge on any atom is 0.358 e. The zero-order valence-electron chi connectivity index (χ0n) is 15.0. The van der Waals surface area contributed by atoms with Crippen LogP contribution < -0.4 is 5.73 Å². The van der Waals surface area contributed by atoms with Gasteiger partial charge in [0.1, 0.15) is 16.8 Å². The lowest BCUT2D eigenvalue weighted by atomic mass is 10.1. The third-order valence-corrected chi connectivity index (χ3v) is 3.41. The van der Waals surface area contributed by atoms with Crippen LogP contribution in [0.2, 0.25) is 0 Å². The Hall–Kier alpha value is -2.16. The molecule has 0 fully saturated rings. The Labute approximate surface area is 153 Å². The molecule has 8 nitrogen and oxygen atoms in total. The number of carbonyl (C=O) groups is 2. The van der Waals surface area contributed by atoms with Crippen LogP contribution in [-0.2, 0) is 9.47 Å². The smallest absolute Gasteiger partial charge is 0.358 e. The zero-order chi connectivity index (χ0) is 19.2. The summed E-state index contributed by atoms with van der Waals surface area (Å²) in [6, 6.07) is 1.54. The van der Waals surface area contributed by atoms with E-state index in [1.54, 1.807) is 41.5 Å². The van der Waals surface area contributed by atoms with Crippen LogP contribution in [0.1, 0.15) is 62.4 Å². The molecule has 2 aromatic rings. The van der Waals surface area contributed by atoms with Gasteiger partial charge in [0.15, 0.2) is 11.3 Å². The SMILES string of the molecule is CC(C)(C)OC(=O)c1c(Br)cc2nc(N)nn2c1C(=O)OC(C)(C)C. The normalized spacial score (nSPS) is 12.3. The average molecular weight is 413 g/mol. The number of ether oxygens (including phenoxy) is 2. The Morgan fingerprint density at radius 3 is 2.12 bits per heavy atom. The van der Waals surface area contributed by atoms with Crippen LogP contribution >= 0.6 is 15.9 Å². The van der Waals surface area contributed by atoms with Crippen LogP contribution in [0.25, 0.3) is 5.65 Å². The predicted molar refractivity (Wildman–Crippen MR) is 95.4 cm³/mol. The standard InChI is InChI=1S/C16H21BrN4O4/c1-15(2,3)24-12(22)10-8(17)7-9-19-14(18)20-21(9)11(10)13(23)25-16(4,5)6/h7H,1-6H3,(H2,18,20). The molecule has 0 atom stereocenters. The molecule has 9 heteroatoms. The molecule has 0 aliphatic rings. The molecule has 136 valence electrons. The molecular formula is C16H21BrN4O4. The van der Waals surface area contributed by atoms with Crippen molar-refractivity contribution in [2.45, 2.75) is 52.7 Å². The predicted octanol–water partition coefficient (Wildman–Crippen LogP) is 2.98. The minimum atomic E-state index is -0.761. The van der Waals surface area contributed by atoms with E-state index in [2.05, 4.69) is 26.0 Å². The number of nitrogen functional groups attached to an aromatic ring is 1. The Bertz CT molecular complexity index is 846. The van der Waals surface area contributed by atoms with Crippen molar-refractivity contribution < 1.29 is 19.1 Å². The van der Waals surface area contributed by atoms with Crippen LogP contribution in [0.5, 0.6) is 0 Å². The van der Waals surface area contributed by atoms with E-state index >= 15 is 0 Å². The summed E-state index contributed by atoms with van der Waals surface area (Å²) in [6.07, 6.45) is 0. The lowest BCUT2D eigenvalue weighted by molar-refractivity contribution is 0.000993. The fraction of sp³-hybridized carbons (Fsp3) is 0.500. The van der Waals surface area contributed by atoms with Crippen molar-refractivity contribution in [3.63, 3.8) is 0 Å². The number of rotatable bonds is 2. The van der Waals surface area contributed by atoms with Crippen molar-refractivity contribution in [3.8, 4) is 0 Å². The quantitative estimate of drug-likeness (QED) is 0.754. The van der Waals surface area contributed by atoms with E-state index in [0.717, 1.165) is 0 Å². The molecule has 0 aliphatic heterocycles. The van der Waals surface area contributed by atoms with Crippen LogP contribution in [0.4, 0.5) is 5.95 Å². The zero-order valence-corrected chi connectivity index (χ0v) is 16.6. The number of nitrogens with zero attached hydrogens (tertiary/aromatic N) is 3. The topological polar surface area (TPSA) is 109 Å². The first kappa shape index (κ1) is 19.2. The summed E-state index contributed by atoms with van der Waals surface area (Å²) < 4.78 is 12.4. The summed E-state index contributed by atoms with van der Waals surface area (Å²) >= 11 is 3.30. The van der Waals surface area contributed by atoms with Gasteiger partial charge >= 0.3 is 11.9 Å². The number of anilines is 1. The number of aromatic nitrogens is 3. The van der Waals surface area contributed by atoms with Crippen LogP contribution in [0.15, 0.2) is 10.5 Å². The fourth-order valence-corrected chi connectivity index (χ4v) is 2.60. The molecule has 2 aromatic heterocycles. The van der Waals surface area contributed by atoms with Gasteiger partial charge < -0.3 is 15.2 Å². The molecule has 2 heterocycles. The molecule has 0 bridgehead atoms. The average Bonchev–Trinajstić information content (AvgIpc) is 2.72. The number of halogens is 1. The monoisotopic (exact) mass is 412 g/mol. The van der Waals surface area contributed by atoms with E-state index < -0.39 is 23.1 Å². The van der Waals surface area contributed by atoms with Gasteiger partial charge in [-0.3, -0.25) is 0 Å². The highest BCUT2D eigenvalue weighted by Gasteiger charge is 2.32. The van der Waals surface area contributed by atoms with E-state index in [4.69, 9.17) is 15.2 Å². The van der Waals surface area contributed by atoms with Crippen LogP contribution in [0, 0.1) is 0 Å². The van der Waals surface area contributed by atoms with Crippen LogP contribution in [0.3, 0.4) is 0 Å². The van der Waals surface area contributed by atoms with Gasteiger partial charge in [-0.15, -0.1) is 5.10 Å². The lowest BCUT2D eigenvalue weighted by Crippen LogP contribution is -2.30. The van der Waals surface area contributed by atoms with Crippen molar-refractivity contribution in [2.24, 2.45) is 0 Å². The minimum Gasteiger partial charge on any atom is -0.456 e. The second-order valence-electron chi connectivity index (χ2n) is 7.46. The highest BCUT2D eigenvalue weighted by molar-refractivity contribution is 9.10. The number of pyridine rings is 1. The van der Waals surface area contributed by atoms with Crippen molar-refractivity contribution in [2.75, 3.05) is 5.73 Å². The number of nitrogens with two attached hydrogens (primary N) is 1. The summed E-state index contributed by atoms with van der Waals surface area (Å²) in [6.45, 7) is 10.4. The highest BCUT2D eigenvalue weighted by Crippen LogP contribution is 2.27. The molecule has 0 saturated heterocycles. The maximum atomic E-state index is 12.7. The van der Waals surface area contributed by atoms with Gasteiger partial charge in [-0.05, 0) is 63.5 Å². The van der Waals surface area contributed by atoms with Crippen LogP contribution in [-0.4, -0.2) is 37.7 Å². The summed E-state index contributed by atoms with van der Waals surface area (Å²) in [4.78, 5) is 29.4. The van der Waals surface area contributed by atoms with Gasteiger partial charge in [-0.1, -0.05) is 0 Å². The van der Waals surface area contributed by atoms with Gasteiger partial charge in [-0.2, -0.15) is 4.98 Å². The first-order valence-electron chi connectivity index (χ1n) is 7.60. The second-order valence-corrected chi connectivity index (χ2v) is 8.31. The summed E-state index contributed by atoms with van der Waals surface area (Å²) in [7, 11) is 0. The lowest BCUT2D eigenvalue weighted by Gasteiger charge is -2.23. The Morgan fingerprint density at radius 1 is 1.08 bits per heavy atom. The van der Waals surface area contributed by atoms with Gasteiger partial charge in [-0.25, -0.2) is 14.1 Å². The number of esters is 2. The maximum absolute atomic E-state index is 12.7. The molecule has 0 saturated carbocycles. The number of carbonyl (C=O) groups excluding carboxylic acids is 2. The first-order chi connectivity index (χ1) is 11.3. The molecule has 0 spiro atoms. The molecule has 2 N–H and O–H groups in total. The van der Waals surface area contributed by atoms with E-state index in [1.165, 1.54) is 10.6 Å². The molecular weight excluding hydrogens is 392 g/mol. The van der Waals surface area contributed by atoms with Gasteiger partial charge in [0.05, 0.1) is 0 Å². The van der Waals surface area contributed by atoms with Gasteiger partial charge in [0.2, 0.25) is 5.95 Å². The van der Waals surface area contributed by atoms with E-state index in [0.29, 0.717) is 10.1 Å². The van der Waals surface area contributed by atoms with Crippen molar-refractivity contribution in [1.29, 1.82) is 0 Å². The highest BCUT2D eigenvalue weighted by atomic mass is 79.9. The number of fused-ring (bicyclic) bond motifs is 1. The van der Waals surface area contributed by atoms with E-state index in [-0.39, 0.29) is 17.2 Å². The van der Waals surface area contributed by atoms with E-state index in [1.807, 2.05) is 0 Å². The summed E-state index contributed by atoms with van der Waals surface area (Å²) in [5.41, 5.74) is 4.34. The Kier molecular flexibility index (Phi) is 4.82. The van der Waals surface area contributed by atoms with Crippen molar-refractivity contribution in [3.05, 3.63) is 21.8 Å². The minimum absolute atomic E-state index is 0.00146. The third-order valence-electron chi connectivity index (χ3n) is 2.79. The van der Waals surface area contributed by atoms with Gasteiger partial charge in [0.25, 0.3) is 0 Å². The second kappa shape index (κ2) is 6.29. The number of hydrogen-bond acceptors (Lipinski definition) is 7. The van der Waals surface area contributed by atoms with E-state index in [9.17, 15) is 9.59 Å². The molecule has 0 aromatic carbocycles. The Balaban J connectivity index is 2.71. The molecule has 0 aliphatic carbocycles. The number of hydrogen-bond donors (Lipinski definition) is 1. The molecule has 0 unspecified atom stereocenters. The molecule has 2 rings (SSSR count).